The van der Waals surface area contributed by atoms with E-state index in [2.05, 4.69) is 46.8 Å². The number of nitrogens with zero attached hydrogens (tertiary/aromatic N) is 2. The van der Waals surface area contributed by atoms with Gasteiger partial charge in [-0.2, -0.15) is 0 Å². The monoisotopic (exact) mass is 412 g/mol. The lowest BCUT2D eigenvalue weighted by atomic mass is 9.93. The summed E-state index contributed by atoms with van der Waals surface area (Å²) >= 11 is 1.68. The molecule has 0 unspecified atom stereocenters. The number of rotatable bonds is 5. The van der Waals surface area contributed by atoms with Crippen LogP contribution in [0, 0.1) is 0 Å². The van der Waals surface area contributed by atoms with Crippen molar-refractivity contribution in [2.24, 2.45) is 4.99 Å². The topological polar surface area (TPSA) is 58.5 Å². The summed E-state index contributed by atoms with van der Waals surface area (Å²) in [5.41, 5.74) is 1.24. The van der Waals surface area contributed by atoms with Crippen molar-refractivity contribution in [3.05, 3.63) is 16.1 Å². The highest BCUT2D eigenvalue weighted by Gasteiger charge is 2.17. The number of hydrogen-bond donors (Lipinski definition) is 2. The number of ether oxygens (including phenoxy) is 1. The Balaban J connectivity index is 0.00000361. The number of aromatic nitrogens is 1. The quantitative estimate of drug-likeness (QED) is 0.338. The van der Waals surface area contributed by atoms with Crippen molar-refractivity contribution in [2.75, 3.05) is 27.3 Å². The fraction of sp³-hybridized carbons (Fsp3) is 0.692. The Morgan fingerprint density at radius 2 is 2.10 bits per heavy atom. The minimum atomic E-state index is 0. The van der Waals surface area contributed by atoms with Gasteiger partial charge < -0.3 is 15.4 Å². The Bertz CT molecular complexity index is 415. The van der Waals surface area contributed by atoms with Crippen molar-refractivity contribution >= 4 is 41.3 Å². The normalized spacial score (nSPS) is 11.9. The highest BCUT2D eigenvalue weighted by atomic mass is 127. The smallest absolute Gasteiger partial charge is 0.191 e. The first kappa shape index (κ1) is 19.6. The first-order valence-electron chi connectivity index (χ1n) is 6.35. The SMILES string of the molecule is CN=C(NCCOC)NCc1nc(C(C)(C)C)cs1.I. The van der Waals surface area contributed by atoms with Gasteiger partial charge in [0, 0.05) is 31.5 Å². The zero-order chi connectivity index (χ0) is 14.3. The van der Waals surface area contributed by atoms with Gasteiger partial charge in [0.25, 0.3) is 0 Å². The van der Waals surface area contributed by atoms with E-state index in [0.717, 1.165) is 23.2 Å². The number of nitrogens with one attached hydrogen (secondary N) is 2. The summed E-state index contributed by atoms with van der Waals surface area (Å²) in [4.78, 5) is 8.78. The van der Waals surface area contributed by atoms with E-state index in [-0.39, 0.29) is 29.4 Å². The molecule has 0 fully saturated rings. The summed E-state index contributed by atoms with van der Waals surface area (Å²) in [6, 6.07) is 0. The molecule has 116 valence electrons. The van der Waals surface area contributed by atoms with E-state index in [1.165, 1.54) is 0 Å². The van der Waals surface area contributed by atoms with Crippen molar-refractivity contribution in [1.29, 1.82) is 0 Å². The van der Waals surface area contributed by atoms with Gasteiger partial charge in [-0.15, -0.1) is 35.3 Å². The average molecular weight is 412 g/mol. The molecule has 0 aliphatic rings. The van der Waals surface area contributed by atoms with E-state index in [9.17, 15) is 0 Å². The number of halogens is 1. The molecule has 1 rings (SSSR count). The van der Waals surface area contributed by atoms with Gasteiger partial charge >= 0.3 is 0 Å². The molecule has 1 heterocycles. The Kier molecular flexibility index (Phi) is 9.32. The molecule has 2 N–H and O–H groups in total. The van der Waals surface area contributed by atoms with Gasteiger partial charge in [0.1, 0.15) is 5.01 Å². The van der Waals surface area contributed by atoms with Crippen LogP contribution in [-0.2, 0) is 16.7 Å². The molecule has 0 aliphatic carbocycles. The summed E-state index contributed by atoms with van der Waals surface area (Å²) in [6.45, 7) is 8.60. The molecule has 1 aromatic heterocycles. The number of guanidine groups is 1. The van der Waals surface area contributed by atoms with Crippen LogP contribution in [0.15, 0.2) is 10.4 Å². The van der Waals surface area contributed by atoms with Crippen LogP contribution in [0.25, 0.3) is 0 Å². The Morgan fingerprint density at radius 1 is 1.40 bits per heavy atom. The van der Waals surface area contributed by atoms with Gasteiger partial charge in [-0.3, -0.25) is 4.99 Å². The molecule has 7 heteroatoms. The Morgan fingerprint density at radius 3 is 2.60 bits per heavy atom. The molecule has 20 heavy (non-hydrogen) atoms. The molecule has 0 aromatic carbocycles. The van der Waals surface area contributed by atoms with Crippen LogP contribution in [-0.4, -0.2) is 38.3 Å². The lowest BCUT2D eigenvalue weighted by Crippen LogP contribution is -2.38. The van der Waals surface area contributed by atoms with Crippen LogP contribution in [0.4, 0.5) is 0 Å². The second-order valence-electron chi connectivity index (χ2n) is 5.22. The maximum absolute atomic E-state index is 4.98. The molecule has 0 aliphatic heterocycles. The van der Waals surface area contributed by atoms with Crippen molar-refractivity contribution < 1.29 is 4.74 Å². The van der Waals surface area contributed by atoms with Crippen molar-refractivity contribution in [3.8, 4) is 0 Å². The molecule has 0 spiro atoms. The molecular weight excluding hydrogens is 387 g/mol. The number of aliphatic imine (C=N–C) groups is 1. The third-order valence-corrected chi connectivity index (χ3v) is 3.40. The Labute approximate surface area is 142 Å². The molecule has 5 nitrogen and oxygen atoms in total. The van der Waals surface area contributed by atoms with Crippen molar-refractivity contribution in [1.82, 2.24) is 15.6 Å². The number of thiazole rings is 1. The van der Waals surface area contributed by atoms with E-state index >= 15 is 0 Å². The lowest BCUT2D eigenvalue weighted by Gasteiger charge is -2.14. The van der Waals surface area contributed by atoms with E-state index < -0.39 is 0 Å². The highest BCUT2D eigenvalue weighted by molar-refractivity contribution is 14.0. The third kappa shape index (κ3) is 6.85. The highest BCUT2D eigenvalue weighted by Crippen LogP contribution is 2.23. The molecule has 0 radical (unpaired) electrons. The fourth-order valence-electron chi connectivity index (χ4n) is 1.39. The van der Waals surface area contributed by atoms with Gasteiger partial charge in [-0.1, -0.05) is 20.8 Å². The fourth-order valence-corrected chi connectivity index (χ4v) is 2.35. The number of hydrogen-bond acceptors (Lipinski definition) is 4. The third-order valence-electron chi connectivity index (χ3n) is 2.55. The molecule has 0 saturated heterocycles. The molecule has 0 atom stereocenters. The van der Waals surface area contributed by atoms with Crippen LogP contribution in [0.5, 0.6) is 0 Å². The summed E-state index contributed by atoms with van der Waals surface area (Å²) < 4.78 is 4.98. The largest absolute Gasteiger partial charge is 0.383 e. The number of methoxy groups -OCH3 is 1. The zero-order valence-corrected chi connectivity index (χ0v) is 16.0. The van der Waals surface area contributed by atoms with Gasteiger partial charge in [0.15, 0.2) is 5.96 Å². The van der Waals surface area contributed by atoms with E-state index in [1.54, 1.807) is 25.5 Å². The average Bonchev–Trinajstić information content (AvgIpc) is 2.82. The van der Waals surface area contributed by atoms with E-state index in [1.807, 2.05) is 0 Å². The van der Waals surface area contributed by atoms with Crippen molar-refractivity contribution in [2.45, 2.75) is 32.7 Å². The minimum absolute atomic E-state index is 0. The van der Waals surface area contributed by atoms with Crippen LogP contribution in [0.2, 0.25) is 0 Å². The molecule has 0 saturated carbocycles. The van der Waals surface area contributed by atoms with Crippen LogP contribution in [0.1, 0.15) is 31.5 Å². The predicted octanol–water partition coefficient (Wildman–Crippen LogP) is 2.37. The molecular formula is C13H25IN4OS. The molecule has 0 bridgehead atoms. The van der Waals surface area contributed by atoms with Gasteiger partial charge in [-0.05, 0) is 0 Å². The first-order valence-corrected chi connectivity index (χ1v) is 7.23. The summed E-state index contributed by atoms with van der Waals surface area (Å²) in [6.07, 6.45) is 0. The van der Waals surface area contributed by atoms with Crippen LogP contribution in [0.3, 0.4) is 0 Å². The predicted molar refractivity (Wildman–Crippen MR) is 96.3 cm³/mol. The van der Waals surface area contributed by atoms with Crippen LogP contribution < -0.4 is 10.6 Å². The maximum Gasteiger partial charge on any atom is 0.191 e. The zero-order valence-electron chi connectivity index (χ0n) is 12.8. The maximum atomic E-state index is 4.98. The summed E-state index contributed by atoms with van der Waals surface area (Å²) in [5, 5.41) is 9.60. The second-order valence-corrected chi connectivity index (χ2v) is 6.16. The standard InChI is InChI=1S/C13H24N4OS.HI/c1-13(2,3)10-9-19-11(17-10)8-16-12(14-4)15-6-7-18-5;/h9H,6-8H2,1-5H3,(H2,14,15,16);1H. The summed E-state index contributed by atoms with van der Waals surface area (Å²) in [5.74, 6) is 0.768. The first-order chi connectivity index (χ1) is 8.97. The Hall–Kier alpha value is -0.410. The van der Waals surface area contributed by atoms with Crippen LogP contribution >= 0.6 is 35.3 Å². The molecule has 0 amide bonds. The minimum Gasteiger partial charge on any atom is -0.383 e. The molecule has 1 aromatic rings. The van der Waals surface area contributed by atoms with Gasteiger partial charge in [0.05, 0.1) is 18.8 Å². The van der Waals surface area contributed by atoms with E-state index in [4.69, 9.17) is 4.74 Å². The lowest BCUT2D eigenvalue weighted by molar-refractivity contribution is 0.203. The van der Waals surface area contributed by atoms with Gasteiger partial charge in [-0.25, -0.2) is 4.98 Å². The second kappa shape index (κ2) is 9.51. The van der Waals surface area contributed by atoms with Gasteiger partial charge in [0.2, 0.25) is 0 Å². The summed E-state index contributed by atoms with van der Waals surface area (Å²) in [7, 11) is 3.44. The van der Waals surface area contributed by atoms with Crippen molar-refractivity contribution in [3.63, 3.8) is 0 Å². The van der Waals surface area contributed by atoms with E-state index in [0.29, 0.717) is 13.2 Å².